The summed E-state index contributed by atoms with van der Waals surface area (Å²) >= 11 is 1.04. The van der Waals surface area contributed by atoms with E-state index in [9.17, 15) is 24.3 Å². The van der Waals surface area contributed by atoms with Gasteiger partial charge in [-0.1, -0.05) is 31.6 Å². The van der Waals surface area contributed by atoms with E-state index in [4.69, 9.17) is 15.2 Å². The van der Waals surface area contributed by atoms with Crippen LogP contribution in [0.3, 0.4) is 0 Å². The largest absolute Gasteiger partial charge is 0.477 e. The van der Waals surface area contributed by atoms with Gasteiger partial charge in [-0.2, -0.15) is 0 Å². The van der Waals surface area contributed by atoms with Gasteiger partial charge in [-0.05, 0) is 79.7 Å². The summed E-state index contributed by atoms with van der Waals surface area (Å²) in [4.78, 5) is 57.0. The summed E-state index contributed by atoms with van der Waals surface area (Å²) in [5.74, 6) is 5.14. The molecule has 0 spiro atoms. The third-order valence-electron chi connectivity index (χ3n) is 8.90. The van der Waals surface area contributed by atoms with Crippen molar-refractivity contribution in [1.82, 2.24) is 9.80 Å². The first-order valence-electron chi connectivity index (χ1n) is 15.9. The lowest BCUT2D eigenvalue weighted by Gasteiger charge is -2.38. The van der Waals surface area contributed by atoms with Crippen LogP contribution in [-0.4, -0.2) is 75.7 Å². The molecule has 2 amide bonds. The maximum absolute atomic E-state index is 14.4. The summed E-state index contributed by atoms with van der Waals surface area (Å²) in [7, 11) is 0. The molecule has 0 bridgehead atoms. The summed E-state index contributed by atoms with van der Waals surface area (Å²) < 4.78 is 11.6. The normalized spacial score (nSPS) is 28.8. The molecular formula is C34H49N3O7S. The van der Waals surface area contributed by atoms with E-state index in [1.165, 1.54) is 9.80 Å². The van der Waals surface area contributed by atoms with Crippen molar-refractivity contribution in [3.8, 4) is 11.8 Å². The zero-order valence-corrected chi connectivity index (χ0v) is 28.8. The van der Waals surface area contributed by atoms with Crippen molar-refractivity contribution in [3.05, 3.63) is 21.4 Å². The van der Waals surface area contributed by atoms with Crippen LogP contribution in [0.15, 0.2) is 6.07 Å². The topological polar surface area (TPSA) is 139 Å². The second kappa shape index (κ2) is 12.6. The van der Waals surface area contributed by atoms with E-state index < -0.39 is 40.9 Å². The first kappa shape index (κ1) is 34.8. The molecule has 3 fully saturated rings. The average molecular weight is 644 g/mol. The van der Waals surface area contributed by atoms with Crippen LogP contribution in [0.1, 0.15) is 114 Å². The maximum Gasteiger partial charge on any atom is 0.411 e. The molecule has 3 heterocycles. The number of hydrogen-bond donors (Lipinski definition) is 2. The number of hydrogen-bond acceptors (Lipinski definition) is 8. The Morgan fingerprint density at radius 2 is 1.67 bits per heavy atom. The van der Waals surface area contributed by atoms with Gasteiger partial charge in [0.15, 0.2) is 5.78 Å². The Kier molecular flexibility index (Phi) is 9.73. The Bertz CT molecular complexity index is 1390. The molecule has 3 aliphatic rings. The number of rotatable bonds is 5. The first-order valence-corrected chi connectivity index (χ1v) is 16.7. The number of amides is 2. The number of nitrogens with two attached hydrogens (primary N) is 1. The minimum absolute atomic E-state index is 0.0248. The Labute approximate surface area is 271 Å². The number of likely N-dealkylation sites (tertiary alicyclic amines) is 2. The molecule has 2 saturated heterocycles. The summed E-state index contributed by atoms with van der Waals surface area (Å²) in [6.45, 7) is 15.8. The number of ether oxygens (including phenoxy) is 2. The summed E-state index contributed by atoms with van der Waals surface area (Å²) in [6, 6.07) is 0.577. The number of aromatic carboxylic acids is 1. The van der Waals surface area contributed by atoms with Crippen LogP contribution < -0.4 is 5.73 Å². The van der Waals surface area contributed by atoms with Crippen LogP contribution >= 0.6 is 11.3 Å². The van der Waals surface area contributed by atoms with Crippen molar-refractivity contribution in [2.75, 3.05) is 19.6 Å². The highest BCUT2D eigenvalue weighted by Gasteiger charge is 2.56. The molecule has 1 saturated carbocycles. The van der Waals surface area contributed by atoms with Crippen molar-refractivity contribution < 1.29 is 33.8 Å². The number of carbonyl (C=O) groups is 4. The van der Waals surface area contributed by atoms with Crippen molar-refractivity contribution in [1.29, 1.82) is 0 Å². The van der Waals surface area contributed by atoms with Crippen molar-refractivity contribution in [3.63, 3.8) is 0 Å². The van der Waals surface area contributed by atoms with E-state index >= 15 is 0 Å². The number of ketones is 1. The molecule has 2 unspecified atom stereocenters. The first-order chi connectivity index (χ1) is 20.7. The van der Waals surface area contributed by atoms with Gasteiger partial charge in [-0.3, -0.25) is 9.69 Å². The standard InChI is InChI=1S/C34H49N3O7S/c1-21-9-11-22(12-10-21)25(38)27-34(35,24-19-23(13-14-31(2,3)4)45-26(24)28(39)40)16-18-37(27)30(42)44-33(8)15-17-36(20-33)29(41)43-32(5,6)7/h19,21-22,27H,9-12,15-18,20,35H2,1-8H3,(H,39,40)/t21?,22?,27?,33?,34-/m0/s1. The lowest BCUT2D eigenvalue weighted by Crippen LogP contribution is -2.57. The maximum atomic E-state index is 14.4. The number of carboxylic acid groups (broad SMARTS) is 1. The number of Topliss-reactive ketones (excluding diaryl/α,β-unsaturated/α-hetero) is 1. The molecule has 0 radical (unpaired) electrons. The molecule has 11 heteroatoms. The number of thiophene rings is 1. The second-order valence-corrected chi connectivity index (χ2v) is 16.4. The van der Waals surface area contributed by atoms with Crippen LogP contribution in [0.4, 0.5) is 9.59 Å². The minimum Gasteiger partial charge on any atom is -0.477 e. The molecular weight excluding hydrogens is 594 g/mol. The zero-order valence-electron chi connectivity index (χ0n) is 28.0. The highest BCUT2D eigenvalue weighted by molar-refractivity contribution is 7.14. The highest BCUT2D eigenvalue weighted by atomic mass is 32.1. The van der Waals surface area contributed by atoms with Gasteiger partial charge in [0.05, 0.1) is 17.0 Å². The van der Waals surface area contributed by atoms with Crippen molar-refractivity contribution in [2.24, 2.45) is 23.0 Å². The monoisotopic (exact) mass is 643 g/mol. The third-order valence-corrected chi connectivity index (χ3v) is 9.94. The van der Waals surface area contributed by atoms with Crippen LogP contribution in [0.25, 0.3) is 0 Å². The predicted octanol–water partition coefficient (Wildman–Crippen LogP) is 6.00. The van der Waals surface area contributed by atoms with Crippen LogP contribution in [0.2, 0.25) is 0 Å². The molecule has 45 heavy (non-hydrogen) atoms. The van der Waals surface area contributed by atoms with Gasteiger partial charge in [0, 0.05) is 36.4 Å². The van der Waals surface area contributed by atoms with E-state index in [2.05, 4.69) is 18.8 Å². The summed E-state index contributed by atoms with van der Waals surface area (Å²) in [5.41, 5.74) is 4.06. The van der Waals surface area contributed by atoms with Crippen LogP contribution in [0, 0.1) is 29.1 Å². The fourth-order valence-corrected chi connectivity index (χ4v) is 7.42. The summed E-state index contributed by atoms with van der Waals surface area (Å²) in [5, 5.41) is 10.2. The Morgan fingerprint density at radius 1 is 1.02 bits per heavy atom. The molecule has 2 aliphatic heterocycles. The van der Waals surface area contributed by atoms with Crippen molar-refractivity contribution >= 4 is 35.3 Å². The number of nitrogens with zero attached hydrogens (tertiary/aromatic N) is 2. The Balaban J connectivity index is 1.66. The fraction of sp³-hybridized carbons (Fsp3) is 0.706. The number of carbonyl (C=O) groups excluding carboxylic acids is 3. The van der Waals surface area contributed by atoms with E-state index in [1.54, 1.807) is 33.8 Å². The summed E-state index contributed by atoms with van der Waals surface area (Å²) in [6.07, 6.45) is 2.59. The molecule has 1 aliphatic carbocycles. The molecule has 0 aromatic carbocycles. The lowest BCUT2D eigenvalue weighted by atomic mass is 9.74. The molecule has 3 N–H and O–H groups in total. The van der Waals surface area contributed by atoms with Crippen molar-refractivity contribution in [2.45, 2.75) is 117 Å². The molecule has 3 atom stereocenters. The van der Waals surface area contributed by atoms with Gasteiger partial charge >= 0.3 is 18.2 Å². The predicted molar refractivity (Wildman–Crippen MR) is 172 cm³/mol. The van der Waals surface area contributed by atoms with E-state index in [0.717, 1.165) is 24.2 Å². The molecule has 10 nitrogen and oxygen atoms in total. The van der Waals surface area contributed by atoms with Gasteiger partial charge in [0.25, 0.3) is 0 Å². The van der Waals surface area contributed by atoms with Crippen LogP contribution in [-0.2, 0) is 19.8 Å². The molecule has 1 aromatic rings. The molecule has 1 aromatic heterocycles. The third kappa shape index (κ3) is 8.01. The zero-order chi connectivity index (χ0) is 33.5. The van der Waals surface area contributed by atoms with Gasteiger partial charge in [0.1, 0.15) is 22.1 Å². The molecule has 248 valence electrons. The second-order valence-electron chi connectivity index (χ2n) is 15.4. The SMILES string of the molecule is CC1CCC(C(=O)C2N(C(=O)OC3(C)CCN(C(=O)OC(C)(C)C)C3)CC[C@]2(N)c2cc(C#CC(C)(C)C)sc2C(=O)O)CC1. The minimum atomic E-state index is -1.44. The van der Waals surface area contributed by atoms with E-state index in [1.807, 2.05) is 20.8 Å². The Hall–Kier alpha value is -3.10. The quantitative estimate of drug-likeness (QED) is 0.372. The van der Waals surface area contributed by atoms with Gasteiger partial charge in [0.2, 0.25) is 0 Å². The fourth-order valence-electron chi connectivity index (χ4n) is 6.48. The van der Waals surface area contributed by atoms with Gasteiger partial charge in [-0.15, -0.1) is 11.3 Å². The van der Waals surface area contributed by atoms with Gasteiger partial charge in [-0.25, -0.2) is 14.4 Å². The smallest absolute Gasteiger partial charge is 0.411 e. The molecule has 4 rings (SSSR count). The van der Waals surface area contributed by atoms with E-state index in [-0.39, 0.29) is 41.5 Å². The Morgan fingerprint density at radius 3 is 2.24 bits per heavy atom. The highest BCUT2D eigenvalue weighted by Crippen LogP contribution is 2.44. The number of carboxylic acids is 1. The van der Waals surface area contributed by atoms with E-state index in [0.29, 0.717) is 42.2 Å². The van der Waals surface area contributed by atoms with Gasteiger partial charge < -0.3 is 25.2 Å². The van der Waals surface area contributed by atoms with Crippen LogP contribution in [0.5, 0.6) is 0 Å². The average Bonchev–Trinajstić information content (AvgIpc) is 3.62. The lowest BCUT2D eigenvalue weighted by molar-refractivity contribution is -0.130.